The molecule has 2 aromatic rings. The van der Waals surface area contributed by atoms with Crippen molar-refractivity contribution in [2.24, 2.45) is 0 Å². The number of para-hydroxylation sites is 2. The second-order valence-corrected chi connectivity index (χ2v) is 4.92. The van der Waals surface area contributed by atoms with E-state index < -0.39 is 6.09 Å². The minimum Gasteiger partial charge on any atom is -0.465 e. The molecular weight excluding hydrogens is 248 g/mol. The number of fused-ring (bicyclic) bond motifs is 2. The van der Waals surface area contributed by atoms with E-state index in [1.807, 2.05) is 36.4 Å². The van der Waals surface area contributed by atoms with Crippen molar-refractivity contribution < 1.29 is 9.90 Å². The van der Waals surface area contributed by atoms with Crippen LogP contribution >= 0.6 is 11.8 Å². The molecule has 0 aromatic heterocycles. The SMILES string of the molecule is O=C(O)Nc1cccc2c1Nc1ccccc1S2. The van der Waals surface area contributed by atoms with Gasteiger partial charge in [-0.05, 0) is 24.3 Å². The number of carboxylic acid groups (broad SMARTS) is 1. The van der Waals surface area contributed by atoms with Gasteiger partial charge >= 0.3 is 6.09 Å². The Bertz CT molecular complexity index is 628. The number of carbonyl (C=O) groups is 1. The van der Waals surface area contributed by atoms with Crippen LogP contribution in [-0.2, 0) is 0 Å². The average Bonchev–Trinajstić information content (AvgIpc) is 2.36. The van der Waals surface area contributed by atoms with Crippen LogP contribution in [0.2, 0.25) is 0 Å². The maximum absolute atomic E-state index is 10.8. The van der Waals surface area contributed by atoms with Gasteiger partial charge in [0.1, 0.15) is 0 Å². The number of hydrogen-bond acceptors (Lipinski definition) is 3. The van der Waals surface area contributed by atoms with Gasteiger partial charge in [-0.15, -0.1) is 0 Å². The monoisotopic (exact) mass is 258 g/mol. The molecule has 1 aliphatic rings. The third-order valence-electron chi connectivity index (χ3n) is 2.63. The highest BCUT2D eigenvalue weighted by Gasteiger charge is 2.18. The summed E-state index contributed by atoms with van der Waals surface area (Å²) in [6.07, 6.45) is -1.06. The number of anilines is 3. The molecule has 0 radical (unpaired) electrons. The van der Waals surface area contributed by atoms with Gasteiger partial charge in [0.25, 0.3) is 0 Å². The minimum atomic E-state index is -1.06. The first-order valence-electron chi connectivity index (χ1n) is 5.41. The highest BCUT2D eigenvalue weighted by atomic mass is 32.2. The van der Waals surface area contributed by atoms with Crippen LogP contribution < -0.4 is 10.6 Å². The smallest absolute Gasteiger partial charge is 0.409 e. The molecule has 18 heavy (non-hydrogen) atoms. The molecule has 2 aromatic carbocycles. The van der Waals surface area contributed by atoms with Crippen molar-refractivity contribution in [2.75, 3.05) is 10.6 Å². The molecule has 3 rings (SSSR count). The van der Waals surface area contributed by atoms with Gasteiger partial charge in [-0.2, -0.15) is 0 Å². The van der Waals surface area contributed by atoms with Crippen LogP contribution in [0.15, 0.2) is 52.3 Å². The second kappa shape index (κ2) is 4.27. The Morgan fingerprint density at radius 2 is 1.89 bits per heavy atom. The van der Waals surface area contributed by atoms with E-state index in [-0.39, 0.29) is 0 Å². The molecule has 1 aliphatic heterocycles. The second-order valence-electron chi connectivity index (χ2n) is 3.83. The number of amides is 1. The predicted octanol–water partition coefficient (Wildman–Crippen LogP) is 3.98. The number of nitrogens with one attached hydrogen (secondary N) is 2. The van der Waals surface area contributed by atoms with Crippen molar-refractivity contribution in [1.82, 2.24) is 0 Å². The summed E-state index contributed by atoms with van der Waals surface area (Å²) in [4.78, 5) is 12.9. The first-order chi connectivity index (χ1) is 8.74. The summed E-state index contributed by atoms with van der Waals surface area (Å²) < 4.78 is 0. The maximum Gasteiger partial charge on any atom is 0.409 e. The van der Waals surface area contributed by atoms with Crippen molar-refractivity contribution in [3.8, 4) is 0 Å². The van der Waals surface area contributed by atoms with Crippen molar-refractivity contribution >= 4 is 34.9 Å². The van der Waals surface area contributed by atoms with Crippen molar-refractivity contribution in [3.05, 3.63) is 42.5 Å². The number of benzene rings is 2. The maximum atomic E-state index is 10.8. The van der Waals surface area contributed by atoms with Gasteiger partial charge in [-0.25, -0.2) is 4.79 Å². The zero-order chi connectivity index (χ0) is 12.5. The van der Waals surface area contributed by atoms with E-state index in [9.17, 15) is 4.79 Å². The summed E-state index contributed by atoms with van der Waals surface area (Å²) in [6, 6.07) is 13.5. The Hall–Kier alpha value is -2.14. The van der Waals surface area contributed by atoms with Crippen LogP contribution in [0.3, 0.4) is 0 Å². The van der Waals surface area contributed by atoms with E-state index in [1.165, 1.54) is 0 Å². The summed E-state index contributed by atoms with van der Waals surface area (Å²) in [5.41, 5.74) is 2.38. The van der Waals surface area contributed by atoms with E-state index in [2.05, 4.69) is 10.6 Å². The quantitative estimate of drug-likeness (QED) is 0.617. The lowest BCUT2D eigenvalue weighted by atomic mass is 10.2. The Morgan fingerprint density at radius 3 is 2.72 bits per heavy atom. The number of hydrogen-bond donors (Lipinski definition) is 3. The zero-order valence-corrected chi connectivity index (χ0v) is 10.1. The first kappa shape index (κ1) is 11.0. The largest absolute Gasteiger partial charge is 0.465 e. The highest BCUT2D eigenvalue weighted by Crippen LogP contribution is 2.46. The normalized spacial score (nSPS) is 12.0. The first-order valence-corrected chi connectivity index (χ1v) is 6.22. The highest BCUT2D eigenvalue weighted by molar-refractivity contribution is 7.99. The molecule has 0 saturated heterocycles. The predicted molar refractivity (Wildman–Crippen MR) is 71.9 cm³/mol. The molecule has 3 N–H and O–H groups in total. The Kier molecular flexibility index (Phi) is 2.60. The molecule has 0 bridgehead atoms. The summed E-state index contributed by atoms with van der Waals surface area (Å²) in [7, 11) is 0. The minimum absolute atomic E-state index is 0.571. The van der Waals surface area contributed by atoms with Crippen molar-refractivity contribution in [2.45, 2.75) is 9.79 Å². The summed E-state index contributed by atoms with van der Waals surface area (Å²) in [5.74, 6) is 0. The lowest BCUT2D eigenvalue weighted by Crippen LogP contribution is -2.10. The lowest BCUT2D eigenvalue weighted by molar-refractivity contribution is 0.210. The van der Waals surface area contributed by atoms with Gasteiger partial charge in [-0.3, -0.25) is 5.32 Å². The van der Waals surface area contributed by atoms with E-state index in [1.54, 1.807) is 17.8 Å². The molecule has 5 heteroatoms. The van der Waals surface area contributed by atoms with E-state index in [0.29, 0.717) is 5.69 Å². The van der Waals surface area contributed by atoms with Gasteiger partial charge < -0.3 is 10.4 Å². The molecule has 0 aliphatic carbocycles. The van der Waals surface area contributed by atoms with Gasteiger partial charge in [0.2, 0.25) is 0 Å². The molecule has 0 atom stereocenters. The van der Waals surface area contributed by atoms with Crippen molar-refractivity contribution in [1.29, 1.82) is 0 Å². The van der Waals surface area contributed by atoms with Gasteiger partial charge in [0.05, 0.1) is 17.1 Å². The lowest BCUT2D eigenvalue weighted by Gasteiger charge is -2.22. The third-order valence-corrected chi connectivity index (χ3v) is 3.77. The fourth-order valence-corrected chi connectivity index (χ4v) is 2.90. The van der Waals surface area contributed by atoms with Crippen LogP contribution in [-0.4, -0.2) is 11.2 Å². The van der Waals surface area contributed by atoms with Crippen LogP contribution in [0.5, 0.6) is 0 Å². The van der Waals surface area contributed by atoms with Crippen LogP contribution in [0.1, 0.15) is 0 Å². The van der Waals surface area contributed by atoms with Gasteiger partial charge in [0.15, 0.2) is 0 Å². The summed E-state index contributed by atoms with van der Waals surface area (Å²) in [6.45, 7) is 0. The average molecular weight is 258 g/mol. The van der Waals surface area contributed by atoms with Crippen molar-refractivity contribution in [3.63, 3.8) is 0 Å². The molecule has 1 heterocycles. The Morgan fingerprint density at radius 1 is 1.11 bits per heavy atom. The van der Waals surface area contributed by atoms with Crippen LogP contribution in [0.4, 0.5) is 21.9 Å². The molecule has 1 amide bonds. The molecular formula is C13H10N2O2S. The fourth-order valence-electron chi connectivity index (χ4n) is 1.88. The number of rotatable bonds is 1. The topological polar surface area (TPSA) is 61.4 Å². The standard InChI is InChI=1S/C13H10N2O2S/c16-13(17)15-9-5-3-7-11-12(9)14-8-4-1-2-6-10(8)18-11/h1-7,14-15H,(H,16,17). The van der Waals surface area contributed by atoms with E-state index >= 15 is 0 Å². The van der Waals surface area contributed by atoms with Gasteiger partial charge in [-0.1, -0.05) is 30.0 Å². The fraction of sp³-hybridized carbons (Fsp3) is 0. The van der Waals surface area contributed by atoms with E-state index in [0.717, 1.165) is 21.2 Å². The Labute approximate surface area is 108 Å². The molecule has 4 nitrogen and oxygen atoms in total. The van der Waals surface area contributed by atoms with Crippen LogP contribution in [0, 0.1) is 0 Å². The molecule has 0 unspecified atom stereocenters. The molecule has 90 valence electrons. The van der Waals surface area contributed by atoms with Gasteiger partial charge in [0, 0.05) is 9.79 Å². The van der Waals surface area contributed by atoms with E-state index in [4.69, 9.17) is 5.11 Å². The molecule has 0 saturated carbocycles. The third kappa shape index (κ3) is 1.89. The summed E-state index contributed by atoms with van der Waals surface area (Å²) >= 11 is 1.63. The molecule has 0 spiro atoms. The van der Waals surface area contributed by atoms with Crippen LogP contribution in [0.25, 0.3) is 0 Å². The summed E-state index contributed by atoms with van der Waals surface area (Å²) in [5, 5.41) is 14.5. The Balaban J connectivity index is 2.04. The zero-order valence-electron chi connectivity index (χ0n) is 9.31. The molecule has 0 fully saturated rings.